The van der Waals surface area contributed by atoms with Gasteiger partial charge in [-0.15, -0.1) is 0 Å². The van der Waals surface area contributed by atoms with Gasteiger partial charge in [0.25, 0.3) is 0 Å². The molecule has 8 nitrogen and oxygen atoms in total. The Morgan fingerprint density at radius 3 is 2.97 bits per heavy atom. The molecule has 1 atom stereocenters. The number of nitrogens with zero attached hydrogens (tertiary/aromatic N) is 3. The third kappa shape index (κ3) is 5.08. The first-order valence-electron chi connectivity index (χ1n) is 10.9. The number of ether oxygens (including phenoxy) is 1. The van der Waals surface area contributed by atoms with Gasteiger partial charge in [0.2, 0.25) is 11.8 Å². The fourth-order valence-corrected chi connectivity index (χ4v) is 4.13. The summed E-state index contributed by atoms with van der Waals surface area (Å²) in [6.07, 6.45) is 4.69. The highest BCUT2D eigenvalue weighted by molar-refractivity contribution is 5.88. The van der Waals surface area contributed by atoms with E-state index in [1.54, 1.807) is 7.11 Å². The molecule has 1 aromatic carbocycles. The summed E-state index contributed by atoms with van der Waals surface area (Å²) in [6.45, 7) is 4.38. The lowest BCUT2D eigenvalue weighted by atomic mass is 10.1. The third-order valence-electron chi connectivity index (χ3n) is 5.78. The molecule has 0 radical (unpaired) electrons. The molecule has 0 spiro atoms. The van der Waals surface area contributed by atoms with E-state index in [0.717, 1.165) is 28.2 Å². The monoisotopic (exact) mass is 435 g/mol. The van der Waals surface area contributed by atoms with E-state index in [9.17, 15) is 9.59 Å². The summed E-state index contributed by atoms with van der Waals surface area (Å²) in [5.74, 6) is 0.607. The number of fused-ring (bicyclic) bond motifs is 1. The molecule has 3 aromatic rings. The maximum Gasteiger partial charge on any atom is 0.237 e. The van der Waals surface area contributed by atoms with Crippen molar-refractivity contribution in [2.24, 2.45) is 0 Å². The van der Waals surface area contributed by atoms with Crippen LogP contribution in [0.1, 0.15) is 23.2 Å². The van der Waals surface area contributed by atoms with Gasteiger partial charge in [0.1, 0.15) is 11.4 Å². The summed E-state index contributed by atoms with van der Waals surface area (Å²) in [7, 11) is 1.65. The quantitative estimate of drug-likeness (QED) is 0.562. The molecule has 8 heteroatoms. The largest absolute Gasteiger partial charge is 0.496 e. The number of amides is 2. The molecule has 0 saturated carbocycles. The molecule has 1 aliphatic heterocycles. The number of hydrogen-bond donors (Lipinski definition) is 2. The normalized spacial score (nSPS) is 16.7. The molecule has 0 bridgehead atoms. The molecule has 1 saturated heterocycles. The summed E-state index contributed by atoms with van der Waals surface area (Å²) in [5, 5.41) is 5.83. The minimum absolute atomic E-state index is 0.100. The number of carbonyl (C=O) groups excluding carboxylic acids is 2. The van der Waals surface area contributed by atoms with Crippen LogP contribution in [0.3, 0.4) is 0 Å². The molecule has 3 heterocycles. The summed E-state index contributed by atoms with van der Waals surface area (Å²) < 4.78 is 7.29. The van der Waals surface area contributed by atoms with E-state index in [4.69, 9.17) is 4.74 Å². The lowest BCUT2D eigenvalue weighted by Gasteiger charge is -2.34. The van der Waals surface area contributed by atoms with E-state index in [-0.39, 0.29) is 18.2 Å². The molecule has 0 unspecified atom stereocenters. The number of imidazole rings is 1. The molecule has 0 aliphatic carbocycles. The van der Waals surface area contributed by atoms with Crippen molar-refractivity contribution in [3.63, 3.8) is 0 Å². The van der Waals surface area contributed by atoms with E-state index in [2.05, 4.69) is 26.6 Å². The Bertz CT molecular complexity index is 1080. The predicted molar refractivity (Wildman–Crippen MR) is 121 cm³/mol. The van der Waals surface area contributed by atoms with E-state index in [1.165, 1.54) is 0 Å². The number of methoxy groups -OCH3 is 1. The lowest BCUT2D eigenvalue weighted by Crippen LogP contribution is -2.56. The first-order valence-corrected chi connectivity index (χ1v) is 10.9. The van der Waals surface area contributed by atoms with Crippen molar-refractivity contribution in [3.8, 4) is 5.75 Å². The topological polar surface area (TPSA) is 88.0 Å². The van der Waals surface area contributed by atoms with Crippen LogP contribution in [0.5, 0.6) is 5.75 Å². The average Bonchev–Trinajstić information content (AvgIpc) is 3.19. The van der Waals surface area contributed by atoms with Crippen molar-refractivity contribution in [3.05, 3.63) is 65.6 Å². The number of aryl methyl sites for hydroxylation is 1. The zero-order chi connectivity index (χ0) is 22.5. The van der Waals surface area contributed by atoms with E-state index in [0.29, 0.717) is 32.6 Å². The molecule has 1 fully saturated rings. The molecule has 32 heavy (non-hydrogen) atoms. The Balaban J connectivity index is 1.33. The smallest absolute Gasteiger partial charge is 0.237 e. The van der Waals surface area contributed by atoms with Crippen LogP contribution in [0.25, 0.3) is 5.65 Å². The van der Waals surface area contributed by atoms with Crippen LogP contribution in [0.4, 0.5) is 0 Å². The van der Waals surface area contributed by atoms with Crippen LogP contribution >= 0.6 is 0 Å². The van der Waals surface area contributed by atoms with E-state index >= 15 is 0 Å². The molecule has 2 aromatic heterocycles. The second-order valence-electron chi connectivity index (χ2n) is 8.08. The van der Waals surface area contributed by atoms with Gasteiger partial charge >= 0.3 is 0 Å². The Morgan fingerprint density at radius 1 is 1.31 bits per heavy atom. The lowest BCUT2D eigenvalue weighted by molar-refractivity contribution is -0.134. The minimum Gasteiger partial charge on any atom is -0.496 e. The van der Waals surface area contributed by atoms with Crippen molar-refractivity contribution in [2.45, 2.75) is 32.4 Å². The maximum absolute atomic E-state index is 12.6. The standard InChI is InChI=1S/C24H29N5O3/c1-17-13-18(6-7-21(17)32-2)15-28-12-10-26-24(31)20(28)14-23(30)25-9-8-19-16-29-11-4-3-5-22(29)27-19/h3-7,11,13,16,20H,8-10,12,14-15H2,1-2H3,(H,25,30)(H,26,31)/t20-/m1/s1. The van der Waals surface area contributed by atoms with Crippen LogP contribution in [0.2, 0.25) is 0 Å². The van der Waals surface area contributed by atoms with Gasteiger partial charge in [0.15, 0.2) is 0 Å². The Labute approximate surface area is 187 Å². The van der Waals surface area contributed by atoms with Gasteiger partial charge in [0.05, 0.1) is 25.3 Å². The number of carbonyl (C=O) groups is 2. The highest BCUT2D eigenvalue weighted by Crippen LogP contribution is 2.21. The molecule has 4 rings (SSSR count). The highest BCUT2D eigenvalue weighted by Gasteiger charge is 2.31. The van der Waals surface area contributed by atoms with Crippen LogP contribution in [0.15, 0.2) is 48.8 Å². The number of pyridine rings is 1. The van der Waals surface area contributed by atoms with Crippen molar-refractivity contribution in [1.29, 1.82) is 0 Å². The first-order chi connectivity index (χ1) is 15.5. The van der Waals surface area contributed by atoms with Gasteiger partial charge in [-0.25, -0.2) is 4.98 Å². The number of benzene rings is 1. The number of hydrogen-bond acceptors (Lipinski definition) is 5. The van der Waals surface area contributed by atoms with Crippen molar-refractivity contribution in [2.75, 3.05) is 26.7 Å². The minimum atomic E-state index is -0.485. The third-order valence-corrected chi connectivity index (χ3v) is 5.78. The second-order valence-corrected chi connectivity index (χ2v) is 8.08. The van der Waals surface area contributed by atoms with Gasteiger partial charge in [-0.2, -0.15) is 0 Å². The number of piperazine rings is 1. The van der Waals surface area contributed by atoms with Crippen LogP contribution in [0, 0.1) is 6.92 Å². The summed E-state index contributed by atoms with van der Waals surface area (Å²) in [6, 6.07) is 11.4. The predicted octanol–water partition coefficient (Wildman–Crippen LogP) is 1.70. The molecule has 1 aliphatic rings. The fraction of sp³-hybridized carbons (Fsp3) is 0.375. The van der Waals surface area contributed by atoms with Crippen molar-refractivity contribution < 1.29 is 14.3 Å². The average molecular weight is 436 g/mol. The zero-order valence-corrected chi connectivity index (χ0v) is 18.5. The fourth-order valence-electron chi connectivity index (χ4n) is 4.13. The summed E-state index contributed by atoms with van der Waals surface area (Å²) in [4.78, 5) is 31.7. The first kappa shape index (κ1) is 21.8. The van der Waals surface area contributed by atoms with E-state index in [1.807, 2.05) is 54.0 Å². The second kappa shape index (κ2) is 9.82. The molecular formula is C24H29N5O3. The van der Waals surface area contributed by atoms with Gasteiger partial charge in [0, 0.05) is 45.0 Å². The zero-order valence-electron chi connectivity index (χ0n) is 18.5. The van der Waals surface area contributed by atoms with Crippen molar-refractivity contribution in [1.82, 2.24) is 24.9 Å². The highest BCUT2D eigenvalue weighted by atomic mass is 16.5. The van der Waals surface area contributed by atoms with Crippen LogP contribution in [-0.2, 0) is 22.6 Å². The Hall–Kier alpha value is -3.39. The summed E-state index contributed by atoms with van der Waals surface area (Å²) in [5.41, 5.74) is 3.95. The molecule has 168 valence electrons. The SMILES string of the molecule is COc1ccc(CN2CCNC(=O)[C@H]2CC(=O)NCCc2cn3ccccc3n2)cc1C. The maximum atomic E-state index is 12.6. The Morgan fingerprint density at radius 2 is 2.19 bits per heavy atom. The molecular weight excluding hydrogens is 406 g/mol. The van der Waals surface area contributed by atoms with Crippen LogP contribution in [-0.4, -0.2) is 58.9 Å². The molecule has 2 N–H and O–H groups in total. The number of aromatic nitrogens is 2. The van der Waals surface area contributed by atoms with Gasteiger partial charge in [-0.3, -0.25) is 14.5 Å². The van der Waals surface area contributed by atoms with Crippen LogP contribution < -0.4 is 15.4 Å². The van der Waals surface area contributed by atoms with Gasteiger partial charge in [-0.05, 0) is 36.2 Å². The van der Waals surface area contributed by atoms with Gasteiger partial charge in [-0.1, -0.05) is 18.2 Å². The van der Waals surface area contributed by atoms with Gasteiger partial charge < -0.3 is 19.8 Å². The van der Waals surface area contributed by atoms with E-state index < -0.39 is 6.04 Å². The van der Waals surface area contributed by atoms with Crippen molar-refractivity contribution >= 4 is 17.5 Å². The Kier molecular flexibility index (Phi) is 6.70. The number of nitrogens with one attached hydrogen (secondary N) is 2. The number of rotatable bonds is 8. The molecule has 2 amide bonds. The summed E-state index contributed by atoms with van der Waals surface area (Å²) >= 11 is 0.